The van der Waals surface area contributed by atoms with Gasteiger partial charge in [0.1, 0.15) is 0 Å². The smallest absolute Gasteiger partial charge is 0.255 e. The van der Waals surface area contributed by atoms with Crippen LogP contribution in [0, 0.1) is 0 Å². The molecule has 0 saturated carbocycles. The van der Waals surface area contributed by atoms with E-state index in [1.54, 1.807) is 4.90 Å². The van der Waals surface area contributed by atoms with Crippen LogP contribution in [0.3, 0.4) is 0 Å². The Morgan fingerprint density at radius 3 is 2.75 bits per heavy atom. The van der Waals surface area contributed by atoms with Gasteiger partial charge in [-0.1, -0.05) is 11.6 Å². The first-order valence-corrected chi connectivity index (χ1v) is 8.58. The van der Waals surface area contributed by atoms with Crippen LogP contribution < -0.4 is 5.32 Å². The lowest BCUT2D eigenvalue weighted by molar-refractivity contribution is 0.0709. The number of sulfone groups is 1. The molecule has 0 radical (unpaired) electrons. The van der Waals surface area contributed by atoms with Crippen molar-refractivity contribution in [2.75, 3.05) is 25.9 Å². The van der Waals surface area contributed by atoms with Crippen molar-refractivity contribution >= 4 is 27.3 Å². The number of carbonyl (C=O) groups is 1. The highest BCUT2D eigenvalue weighted by Gasteiger charge is 2.24. The summed E-state index contributed by atoms with van der Waals surface area (Å²) in [4.78, 5) is 14.3. The molecule has 0 bridgehead atoms. The fourth-order valence-electron chi connectivity index (χ4n) is 2.19. The summed E-state index contributed by atoms with van der Waals surface area (Å²) in [6.07, 6.45) is 1.11. The predicted octanol–water partition coefficient (Wildman–Crippen LogP) is 1.18. The van der Waals surface area contributed by atoms with Crippen LogP contribution in [0.4, 0.5) is 0 Å². The number of nitrogens with one attached hydrogen (secondary N) is 1. The Balaban J connectivity index is 2.34. The van der Waals surface area contributed by atoms with Gasteiger partial charge in [0.05, 0.1) is 15.5 Å². The van der Waals surface area contributed by atoms with E-state index in [-0.39, 0.29) is 27.4 Å². The average Bonchev–Trinajstić information content (AvgIpc) is 2.37. The summed E-state index contributed by atoms with van der Waals surface area (Å²) in [6, 6.07) is 4.43. The molecule has 1 aliphatic heterocycles. The van der Waals surface area contributed by atoms with Crippen LogP contribution in [0.5, 0.6) is 0 Å². The zero-order chi connectivity index (χ0) is 14.9. The van der Waals surface area contributed by atoms with Gasteiger partial charge in [0.15, 0.2) is 9.84 Å². The van der Waals surface area contributed by atoms with Gasteiger partial charge >= 0.3 is 0 Å². The molecule has 1 atom stereocenters. The number of benzene rings is 1. The van der Waals surface area contributed by atoms with Crippen molar-refractivity contribution in [3.8, 4) is 0 Å². The Hall–Kier alpha value is -1.11. The molecule has 0 aromatic heterocycles. The maximum Gasteiger partial charge on any atom is 0.255 e. The molecule has 110 valence electrons. The van der Waals surface area contributed by atoms with E-state index in [1.807, 2.05) is 6.92 Å². The van der Waals surface area contributed by atoms with Gasteiger partial charge < -0.3 is 10.2 Å². The Morgan fingerprint density at radius 1 is 1.45 bits per heavy atom. The highest BCUT2D eigenvalue weighted by molar-refractivity contribution is 7.90. The molecule has 1 heterocycles. The molecule has 1 aromatic rings. The predicted molar refractivity (Wildman–Crippen MR) is 77.9 cm³/mol. The van der Waals surface area contributed by atoms with Crippen LogP contribution in [-0.2, 0) is 9.84 Å². The average molecular weight is 317 g/mol. The molecule has 1 aliphatic rings. The van der Waals surface area contributed by atoms with Crippen LogP contribution in [0.15, 0.2) is 23.1 Å². The van der Waals surface area contributed by atoms with Crippen molar-refractivity contribution < 1.29 is 13.2 Å². The van der Waals surface area contributed by atoms with Crippen LogP contribution in [0.25, 0.3) is 0 Å². The molecule has 1 aromatic carbocycles. The molecule has 0 spiro atoms. The van der Waals surface area contributed by atoms with Gasteiger partial charge in [-0.25, -0.2) is 8.42 Å². The van der Waals surface area contributed by atoms with Gasteiger partial charge in [0.2, 0.25) is 0 Å². The molecular weight excluding hydrogens is 300 g/mol. The third kappa shape index (κ3) is 3.31. The quantitative estimate of drug-likeness (QED) is 0.889. The van der Waals surface area contributed by atoms with Crippen molar-refractivity contribution in [3.63, 3.8) is 0 Å². The minimum atomic E-state index is -3.36. The van der Waals surface area contributed by atoms with Gasteiger partial charge in [-0.3, -0.25) is 4.79 Å². The Bertz CT molecular complexity index is 631. The molecular formula is C13H17ClN2O3S. The lowest BCUT2D eigenvalue weighted by Crippen LogP contribution is -2.51. The highest BCUT2D eigenvalue weighted by Crippen LogP contribution is 2.22. The first-order chi connectivity index (χ1) is 9.29. The summed E-state index contributed by atoms with van der Waals surface area (Å²) < 4.78 is 23.1. The summed E-state index contributed by atoms with van der Waals surface area (Å²) in [5, 5.41) is 3.52. The minimum Gasteiger partial charge on any atom is -0.336 e. The van der Waals surface area contributed by atoms with E-state index in [1.165, 1.54) is 18.2 Å². The van der Waals surface area contributed by atoms with Gasteiger partial charge in [-0.05, 0) is 25.1 Å². The van der Waals surface area contributed by atoms with Crippen molar-refractivity contribution in [2.24, 2.45) is 0 Å². The number of carbonyl (C=O) groups excluding carboxylic acids is 1. The summed E-state index contributed by atoms with van der Waals surface area (Å²) in [5.74, 6) is -0.228. The van der Waals surface area contributed by atoms with Crippen molar-refractivity contribution in [3.05, 3.63) is 28.8 Å². The normalized spacial score (nSPS) is 19.9. The molecule has 0 unspecified atom stereocenters. The highest BCUT2D eigenvalue weighted by atomic mass is 35.5. The summed E-state index contributed by atoms with van der Waals surface area (Å²) in [7, 11) is -3.36. The Kier molecular flexibility index (Phi) is 4.36. The maximum atomic E-state index is 12.5. The van der Waals surface area contributed by atoms with E-state index in [2.05, 4.69) is 5.32 Å². The molecule has 0 aliphatic carbocycles. The topological polar surface area (TPSA) is 66.5 Å². The first kappa shape index (κ1) is 15.3. The van der Waals surface area contributed by atoms with E-state index < -0.39 is 9.84 Å². The van der Waals surface area contributed by atoms with E-state index in [9.17, 15) is 13.2 Å². The molecule has 7 heteroatoms. The number of rotatable bonds is 2. The number of hydrogen-bond acceptors (Lipinski definition) is 4. The Labute approximate surface area is 123 Å². The van der Waals surface area contributed by atoms with E-state index in [0.29, 0.717) is 13.1 Å². The third-order valence-corrected chi connectivity index (χ3v) is 4.69. The standard InChI is InChI=1S/C13H17ClN2O3S/c1-9-8-16(6-5-15-9)13(17)11-7-10(20(2,18)19)3-4-12(11)14/h3-4,7,9,15H,5-6,8H2,1-2H3/t9-/m0/s1. The van der Waals surface area contributed by atoms with Crippen molar-refractivity contribution in [2.45, 2.75) is 17.9 Å². The summed E-state index contributed by atoms with van der Waals surface area (Å²) in [5.41, 5.74) is 0.240. The third-order valence-electron chi connectivity index (χ3n) is 3.25. The minimum absolute atomic E-state index is 0.105. The van der Waals surface area contributed by atoms with Crippen LogP contribution in [-0.4, -0.2) is 51.2 Å². The monoisotopic (exact) mass is 316 g/mol. The second-order valence-electron chi connectivity index (χ2n) is 5.02. The molecule has 1 saturated heterocycles. The fraction of sp³-hybridized carbons (Fsp3) is 0.462. The Morgan fingerprint density at radius 2 is 2.15 bits per heavy atom. The second kappa shape index (κ2) is 5.71. The maximum absolute atomic E-state index is 12.5. The van der Waals surface area contributed by atoms with E-state index in [4.69, 9.17) is 11.6 Å². The largest absolute Gasteiger partial charge is 0.336 e. The van der Waals surface area contributed by atoms with E-state index >= 15 is 0 Å². The van der Waals surface area contributed by atoms with Crippen LogP contribution in [0.1, 0.15) is 17.3 Å². The molecule has 1 fully saturated rings. The van der Waals surface area contributed by atoms with Crippen molar-refractivity contribution in [1.82, 2.24) is 10.2 Å². The zero-order valence-corrected chi connectivity index (χ0v) is 13.0. The zero-order valence-electron chi connectivity index (χ0n) is 11.4. The first-order valence-electron chi connectivity index (χ1n) is 6.31. The molecule has 20 heavy (non-hydrogen) atoms. The number of hydrogen-bond donors (Lipinski definition) is 1. The lowest BCUT2D eigenvalue weighted by Gasteiger charge is -2.32. The number of halogens is 1. The van der Waals surface area contributed by atoms with Crippen LogP contribution in [0.2, 0.25) is 5.02 Å². The van der Waals surface area contributed by atoms with Crippen LogP contribution >= 0.6 is 11.6 Å². The summed E-state index contributed by atoms with van der Waals surface area (Å²) >= 11 is 6.04. The van der Waals surface area contributed by atoms with E-state index in [0.717, 1.165) is 12.8 Å². The number of nitrogens with zero attached hydrogens (tertiary/aromatic N) is 1. The number of amides is 1. The molecule has 2 rings (SSSR count). The van der Waals surface area contributed by atoms with Gasteiger partial charge in [0, 0.05) is 31.9 Å². The molecule has 1 N–H and O–H groups in total. The molecule has 1 amide bonds. The van der Waals surface area contributed by atoms with Crippen molar-refractivity contribution in [1.29, 1.82) is 0 Å². The lowest BCUT2D eigenvalue weighted by atomic mass is 10.1. The second-order valence-corrected chi connectivity index (χ2v) is 7.44. The SMILES string of the molecule is C[C@H]1CN(C(=O)c2cc(S(C)(=O)=O)ccc2Cl)CCN1. The van der Waals surface area contributed by atoms with Gasteiger partial charge in [-0.15, -0.1) is 0 Å². The number of piperazine rings is 1. The van der Waals surface area contributed by atoms with Gasteiger partial charge in [0.25, 0.3) is 5.91 Å². The fourth-order valence-corrected chi connectivity index (χ4v) is 3.03. The summed E-state index contributed by atoms with van der Waals surface area (Å²) in [6.45, 7) is 3.88. The molecule has 5 nitrogen and oxygen atoms in total. The van der Waals surface area contributed by atoms with Gasteiger partial charge in [-0.2, -0.15) is 0 Å².